The molecule has 4 aromatic rings. The number of nitrogens with one attached hydrogen (secondary N) is 3. The van der Waals surface area contributed by atoms with Crippen LogP contribution < -0.4 is 10.6 Å². The summed E-state index contributed by atoms with van der Waals surface area (Å²) in [7, 11) is 0. The number of aryl methyl sites for hydroxylation is 1. The first-order valence-electron chi connectivity index (χ1n) is 11.7. The molecule has 0 radical (unpaired) electrons. The zero-order valence-corrected chi connectivity index (χ0v) is 21.7. The van der Waals surface area contributed by atoms with Crippen LogP contribution in [0.4, 0.5) is 0 Å². The summed E-state index contributed by atoms with van der Waals surface area (Å²) in [5, 5.41) is 6.10. The Hall–Kier alpha value is -3.52. The molecule has 0 aliphatic carbocycles. The molecule has 0 bridgehead atoms. The highest BCUT2D eigenvalue weighted by atomic mass is 32.1. The van der Waals surface area contributed by atoms with Gasteiger partial charge in [-0.2, -0.15) is 0 Å². The minimum absolute atomic E-state index is 0.0169. The number of carbonyl (C=O) groups is 2. The van der Waals surface area contributed by atoms with Crippen LogP contribution in [0.15, 0.2) is 48.8 Å². The van der Waals surface area contributed by atoms with Crippen LogP contribution >= 0.6 is 11.3 Å². The fraction of sp³-hybridized carbons (Fsp3) is 0.333. The molecule has 7 nitrogen and oxygen atoms in total. The second-order valence-electron chi connectivity index (χ2n) is 9.99. The molecule has 3 aromatic heterocycles. The van der Waals surface area contributed by atoms with Gasteiger partial charge in [0.15, 0.2) is 5.65 Å². The molecule has 0 aliphatic heterocycles. The number of amides is 2. The Morgan fingerprint density at radius 2 is 1.71 bits per heavy atom. The summed E-state index contributed by atoms with van der Waals surface area (Å²) in [6.45, 7) is 12.2. The van der Waals surface area contributed by atoms with Crippen molar-refractivity contribution in [3.63, 3.8) is 0 Å². The number of nitrogens with zero attached hydrogens (tertiary/aromatic N) is 2. The highest BCUT2D eigenvalue weighted by Gasteiger charge is 2.24. The predicted octanol–water partition coefficient (Wildman–Crippen LogP) is 5.65. The SMILES string of the molecule is Cc1ccc([C@@H](C)NC(=O)c2ccc(-c3cnc4[nH]cc(C(=O)N[C@H](C)C(C)(C)C)c4n3)s2)cc1. The monoisotopic (exact) mass is 489 g/mol. The van der Waals surface area contributed by atoms with E-state index in [1.54, 1.807) is 18.5 Å². The number of fused-ring (bicyclic) bond motifs is 1. The van der Waals surface area contributed by atoms with Crippen molar-refractivity contribution >= 4 is 34.3 Å². The minimum Gasteiger partial charge on any atom is -0.349 e. The van der Waals surface area contributed by atoms with E-state index < -0.39 is 0 Å². The van der Waals surface area contributed by atoms with Crippen molar-refractivity contribution in [3.05, 3.63) is 70.4 Å². The molecule has 2 atom stereocenters. The maximum atomic E-state index is 12.9. The van der Waals surface area contributed by atoms with Gasteiger partial charge in [-0.1, -0.05) is 50.6 Å². The Bertz CT molecular complexity index is 1360. The fourth-order valence-electron chi connectivity index (χ4n) is 3.48. The predicted molar refractivity (Wildman–Crippen MR) is 141 cm³/mol. The van der Waals surface area contributed by atoms with E-state index >= 15 is 0 Å². The Balaban J connectivity index is 1.53. The van der Waals surface area contributed by atoms with E-state index in [2.05, 4.69) is 41.4 Å². The summed E-state index contributed by atoms with van der Waals surface area (Å²) < 4.78 is 0. The molecular formula is C27H31N5O2S. The van der Waals surface area contributed by atoms with E-state index in [9.17, 15) is 9.59 Å². The van der Waals surface area contributed by atoms with Gasteiger partial charge in [-0.25, -0.2) is 9.97 Å². The summed E-state index contributed by atoms with van der Waals surface area (Å²) in [4.78, 5) is 39.3. The largest absolute Gasteiger partial charge is 0.349 e. The maximum absolute atomic E-state index is 12.9. The lowest BCUT2D eigenvalue weighted by atomic mass is 9.88. The average molecular weight is 490 g/mol. The van der Waals surface area contributed by atoms with Crippen molar-refractivity contribution in [2.45, 2.75) is 53.6 Å². The standard InChI is InChI=1S/C27H31N5O2S/c1-15-7-9-18(10-8-15)16(2)30-26(34)22-12-11-21(35-22)20-14-29-24-23(32-20)19(13-28-24)25(33)31-17(3)27(4,5)6/h7-14,16-17H,1-6H3,(H,28,29)(H,30,34)(H,31,33)/t16-,17-/m1/s1. The summed E-state index contributed by atoms with van der Waals surface area (Å²) in [5.74, 6) is -0.331. The van der Waals surface area contributed by atoms with E-state index in [1.165, 1.54) is 16.9 Å². The van der Waals surface area contributed by atoms with Gasteiger partial charge in [-0.15, -0.1) is 11.3 Å². The summed E-state index contributed by atoms with van der Waals surface area (Å²) in [6, 6.07) is 11.7. The van der Waals surface area contributed by atoms with Gasteiger partial charge in [0.05, 0.1) is 33.3 Å². The zero-order valence-electron chi connectivity index (χ0n) is 20.9. The van der Waals surface area contributed by atoms with E-state index in [0.29, 0.717) is 27.3 Å². The van der Waals surface area contributed by atoms with E-state index in [1.807, 2.05) is 51.1 Å². The van der Waals surface area contributed by atoms with Gasteiger partial charge in [0, 0.05) is 12.2 Å². The van der Waals surface area contributed by atoms with Crippen LogP contribution in [0, 0.1) is 12.3 Å². The van der Waals surface area contributed by atoms with Gasteiger partial charge in [0.2, 0.25) is 0 Å². The smallest absolute Gasteiger partial charge is 0.261 e. The molecule has 3 N–H and O–H groups in total. The number of hydrogen-bond donors (Lipinski definition) is 3. The van der Waals surface area contributed by atoms with Crippen LogP contribution in [0.25, 0.3) is 21.7 Å². The van der Waals surface area contributed by atoms with Gasteiger partial charge in [-0.3, -0.25) is 9.59 Å². The molecule has 0 spiro atoms. The fourth-order valence-corrected chi connectivity index (χ4v) is 4.34. The molecule has 3 heterocycles. The van der Waals surface area contributed by atoms with E-state index in [-0.39, 0.29) is 29.3 Å². The van der Waals surface area contributed by atoms with Crippen LogP contribution in [-0.4, -0.2) is 32.8 Å². The minimum atomic E-state index is -0.193. The first-order valence-corrected chi connectivity index (χ1v) is 12.5. The van der Waals surface area contributed by atoms with Crippen LogP contribution in [0.1, 0.15) is 71.8 Å². The van der Waals surface area contributed by atoms with Crippen molar-refractivity contribution in [1.29, 1.82) is 0 Å². The number of aromatic nitrogens is 3. The second kappa shape index (κ2) is 9.62. The van der Waals surface area contributed by atoms with Crippen LogP contribution in [0.2, 0.25) is 0 Å². The van der Waals surface area contributed by atoms with Gasteiger partial charge < -0.3 is 15.6 Å². The number of rotatable bonds is 6. The lowest BCUT2D eigenvalue weighted by Crippen LogP contribution is -2.41. The molecular weight excluding hydrogens is 458 g/mol. The van der Waals surface area contributed by atoms with Gasteiger partial charge >= 0.3 is 0 Å². The zero-order chi connectivity index (χ0) is 25.3. The molecule has 0 fully saturated rings. The first-order chi connectivity index (χ1) is 16.5. The van der Waals surface area contributed by atoms with E-state index in [0.717, 1.165) is 10.4 Å². The summed E-state index contributed by atoms with van der Waals surface area (Å²) in [6.07, 6.45) is 3.29. The van der Waals surface area contributed by atoms with Gasteiger partial charge in [0.25, 0.3) is 11.8 Å². The van der Waals surface area contributed by atoms with Crippen LogP contribution in [0.3, 0.4) is 0 Å². The normalized spacial score (nSPS) is 13.4. The molecule has 182 valence electrons. The molecule has 0 aliphatic rings. The lowest BCUT2D eigenvalue weighted by molar-refractivity contribution is 0.0910. The summed E-state index contributed by atoms with van der Waals surface area (Å²) >= 11 is 1.35. The highest BCUT2D eigenvalue weighted by molar-refractivity contribution is 7.17. The Kier molecular flexibility index (Phi) is 6.76. The number of benzene rings is 1. The van der Waals surface area contributed by atoms with Crippen molar-refractivity contribution in [3.8, 4) is 10.6 Å². The molecule has 35 heavy (non-hydrogen) atoms. The Labute approximate surface area is 209 Å². The number of hydrogen-bond acceptors (Lipinski definition) is 5. The first kappa shape index (κ1) is 24.6. The molecule has 0 saturated heterocycles. The maximum Gasteiger partial charge on any atom is 0.261 e. The third-order valence-electron chi connectivity index (χ3n) is 6.28. The van der Waals surface area contributed by atoms with Crippen molar-refractivity contribution in [2.24, 2.45) is 5.41 Å². The third kappa shape index (κ3) is 5.43. The summed E-state index contributed by atoms with van der Waals surface area (Å²) in [5.41, 5.74) is 4.29. The highest BCUT2D eigenvalue weighted by Crippen LogP contribution is 2.29. The molecule has 0 unspecified atom stereocenters. The number of thiophene rings is 1. The molecule has 4 rings (SSSR count). The quantitative estimate of drug-likeness (QED) is 0.326. The molecule has 2 amide bonds. The molecule has 8 heteroatoms. The van der Waals surface area contributed by atoms with Gasteiger partial charge in [-0.05, 0) is 43.9 Å². The third-order valence-corrected chi connectivity index (χ3v) is 7.39. The lowest BCUT2D eigenvalue weighted by Gasteiger charge is -2.27. The van der Waals surface area contributed by atoms with Crippen molar-refractivity contribution in [1.82, 2.24) is 25.6 Å². The second-order valence-corrected chi connectivity index (χ2v) is 11.1. The molecule has 1 aromatic carbocycles. The Morgan fingerprint density at radius 1 is 1.00 bits per heavy atom. The molecule has 0 saturated carbocycles. The number of carbonyl (C=O) groups excluding carboxylic acids is 2. The number of aromatic amines is 1. The van der Waals surface area contributed by atoms with Crippen molar-refractivity contribution < 1.29 is 9.59 Å². The number of H-pyrrole nitrogens is 1. The average Bonchev–Trinajstić information content (AvgIpc) is 3.46. The van der Waals surface area contributed by atoms with Crippen LogP contribution in [-0.2, 0) is 0 Å². The Morgan fingerprint density at radius 3 is 2.40 bits per heavy atom. The van der Waals surface area contributed by atoms with E-state index in [4.69, 9.17) is 4.98 Å². The topological polar surface area (TPSA) is 99.8 Å². The van der Waals surface area contributed by atoms with Crippen LogP contribution in [0.5, 0.6) is 0 Å². The van der Waals surface area contributed by atoms with Gasteiger partial charge in [0.1, 0.15) is 5.52 Å². The van der Waals surface area contributed by atoms with Crippen molar-refractivity contribution in [2.75, 3.05) is 0 Å².